The molecule has 1 aromatic rings. The number of hydrogen-bond donors (Lipinski definition) is 1. The molecule has 0 aliphatic rings. The highest BCUT2D eigenvalue weighted by Gasteiger charge is 2.10. The van der Waals surface area contributed by atoms with Crippen molar-refractivity contribution >= 4 is 43.6 Å². The fourth-order valence-electron chi connectivity index (χ4n) is 1.35. The zero-order chi connectivity index (χ0) is 12.1. The maximum atomic E-state index is 11.3. The molecule has 1 N–H and O–H groups in total. The third-order valence-corrected chi connectivity index (χ3v) is 3.17. The van der Waals surface area contributed by atoms with Gasteiger partial charge < -0.3 is 5.11 Å². The van der Waals surface area contributed by atoms with E-state index in [4.69, 9.17) is 5.11 Å². The molecule has 3 nitrogen and oxygen atoms in total. The Morgan fingerprint density at radius 3 is 2.44 bits per heavy atom. The first-order chi connectivity index (χ1) is 7.52. The van der Waals surface area contributed by atoms with Crippen LogP contribution in [0, 0.1) is 0 Å². The molecule has 86 valence electrons. The molecule has 0 aliphatic heterocycles. The molecule has 0 heterocycles. The zero-order valence-electron chi connectivity index (χ0n) is 8.37. The molecule has 0 atom stereocenters. The number of alkyl halides is 1. The quantitative estimate of drug-likeness (QED) is 0.831. The van der Waals surface area contributed by atoms with E-state index in [-0.39, 0.29) is 24.0 Å². The Hall–Kier alpha value is -0.680. The summed E-state index contributed by atoms with van der Waals surface area (Å²) in [6.45, 7) is 0. The first kappa shape index (κ1) is 13.4. The van der Waals surface area contributed by atoms with Crippen molar-refractivity contribution in [3.63, 3.8) is 0 Å². The van der Waals surface area contributed by atoms with Crippen LogP contribution in [-0.4, -0.2) is 22.2 Å². The Morgan fingerprint density at radius 1 is 1.19 bits per heavy atom. The number of ketones is 1. The van der Waals surface area contributed by atoms with Gasteiger partial charge in [-0.25, -0.2) is 0 Å². The van der Waals surface area contributed by atoms with Gasteiger partial charge in [0.05, 0.1) is 11.8 Å². The fraction of sp³-hybridized carbons (Fsp3) is 0.273. The van der Waals surface area contributed by atoms with Gasteiger partial charge in [-0.1, -0.05) is 37.9 Å². The molecule has 0 amide bonds. The lowest BCUT2D eigenvalue weighted by atomic mass is 10.0. The van der Waals surface area contributed by atoms with Gasteiger partial charge in [0.15, 0.2) is 0 Å². The largest absolute Gasteiger partial charge is 0.481 e. The van der Waals surface area contributed by atoms with Gasteiger partial charge in [0.25, 0.3) is 0 Å². The predicted octanol–water partition coefficient (Wildman–Crippen LogP) is 2.58. The minimum absolute atomic E-state index is 0.0361. The molecule has 0 unspecified atom stereocenters. The topological polar surface area (TPSA) is 54.4 Å². The van der Waals surface area contributed by atoms with Gasteiger partial charge in [-0.2, -0.15) is 0 Å². The Bertz CT molecular complexity index is 416. The third-order valence-electron chi connectivity index (χ3n) is 2.05. The highest BCUT2D eigenvalue weighted by Crippen LogP contribution is 2.18. The second-order valence-corrected chi connectivity index (χ2v) is 4.81. The van der Waals surface area contributed by atoms with E-state index < -0.39 is 5.97 Å². The first-order valence-corrected chi connectivity index (χ1v) is 6.51. The lowest BCUT2D eigenvalue weighted by molar-refractivity contribution is -0.136. The van der Waals surface area contributed by atoms with Crippen molar-refractivity contribution in [2.24, 2.45) is 0 Å². The van der Waals surface area contributed by atoms with E-state index in [0.29, 0.717) is 5.56 Å². The van der Waals surface area contributed by atoms with Gasteiger partial charge in [-0.15, -0.1) is 0 Å². The molecule has 0 spiro atoms. The molecule has 0 saturated heterocycles. The Labute approximate surface area is 110 Å². The smallest absolute Gasteiger partial charge is 0.307 e. The van der Waals surface area contributed by atoms with Crippen molar-refractivity contribution in [1.29, 1.82) is 0 Å². The predicted molar refractivity (Wildman–Crippen MR) is 68.0 cm³/mol. The Balaban J connectivity index is 2.97. The zero-order valence-corrected chi connectivity index (χ0v) is 11.5. The first-order valence-electron chi connectivity index (χ1n) is 4.59. The van der Waals surface area contributed by atoms with Crippen LogP contribution in [0.2, 0.25) is 0 Å². The molecule has 0 aromatic heterocycles. The van der Waals surface area contributed by atoms with Crippen molar-refractivity contribution in [3.05, 3.63) is 33.8 Å². The number of aliphatic carboxylic acids is 1. The van der Waals surface area contributed by atoms with Crippen LogP contribution in [0.1, 0.15) is 11.1 Å². The molecule has 0 bridgehead atoms. The number of carbonyl (C=O) groups excluding carboxylic acids is 1. The number of rotatable bonds is 5. The van der Waals surface area contributed by atoms with E-state index in [1.165, 1.54) is 0 Å². The normalized spacial score (nSPS) is 10.1. The van der Waals surface area contributed by atoms with E-state index in [0.717, 1.165) is 10.0 Å². The molecular formula is C11H10Br2O3. The second kappa shape index (κ2) is 6.15. The molecule has 5 heteroatoms. The summed E-state index contributed by atoms with van der Waals surface area (Å²) < 4.78 is 0.818. The van der Waals surface area contributed by atoms with E-state index >= 15 is 0 Å². The average Bonchev–Trinajstić information content (AvgIpc) is 2.21. The third kappa shape index (κ3) is 4.06. The monoisotopic (exact) mass is 348 g/mol. The number of halogens is 2. The molecule has 0 saturated carbocycles. The van der Waals surface area contributed by atoms with Gasteiger partial charge in [0.1, 0.15) is 5.78 Å². The summed E-state index contributed by atoms with van der Waals surface area (Å²) in [4.78, 5) is 22.0. The van der Waals surface area contributed by atoms with Gasteiger partial charge in [-0.3, -0.25) is 9.59 Å². The molecule has 0 fully saturated rings. The van der Waals surface area contributed by atoms with E-state index in [2.05, 4.69) is 31.9 Å². The molecule has 1 rings (SSSR count). The van der Waals surface area contributed by atoms with E-state index in [1.54, 1.807) is 12.1 Å². The van der Waals surface area contributed by atoms with Crippen LogP contribution in [0.4, 0.5) is 0 Å². The van der Waals surface area contributed by atoms with Crippen LogP contribution < -0.4 is 0 Å². The van der Waals surface area contributed by atoms with Crippen molar-refractivity contribution in [1.82, 2.24) is 0 Å². The summed E-state index contributed by atoms with van der Waals surface area (Å²) >= 11 is 6.37. The summed E-state index contributed by atoms with van der Waals surface area (Å²) in [6.07, 6.45) is 0.200. The minimum Gasteiger partial charge on any atom is -0.481 e. The van der Waals surface area contributed by atoms with E-state index in [9.17, 15) is 9.59 Å². The van der Waals surface area contributed by atoms with Crippen molar-refractivity contribution in [3.8, 4) is 0 Å². The van der Waals surface area contributed by atoms with Gasteiger partial charge >= 0.3 is 5.97 Å². The van der Waals surface area contributed by atoms with Crippen LogP contribution in [-0.2, 0) is 22.4 Å². The van der Waals surface area contributed by atoms with Crippen LogP contribution in [0.5, 0.6) is 0 Å². The van der Waals surface area contributed by atoms with E-state index in [1.807, 2.05) is 6.07 Å². The summed E-state index contributed by atoms with van der Waals surface area (Å²) in [6, 6.07) is 5.33. The number of carbonyl (C=O) groups is 2. The molecule has 16 heavy (non-hydrogen) atoms. The van der Waals surface area contributed by atoms with Crippen molar-refractivity contribution < 1.29 is 14.7 Å². The summed E-state index contributed by atoms with van der Waals surface area (Å²) in [7, 11) is 0. The standard InChI is InChI=1S/C11H10Br2O3/c12-6-10(14)4-7-1-2-9(13)3-8(7)5-11(15)16/h1-3H,4-6H2,(H,15,16). The maximum absolute atomic E-state index is 11.3. The molecule has 0 aliphatic carbocycles. The van der Waals surface area contributed by atoms with Crippen molar-refractivity contribution in [2.45, 2.75) is 12.8 Å². The van der Waals surface area contributed by atoms with Crippen molar-refractivity contribution in [2.75, 3.05) is 5.33 Å². The van der Waals surface area contributed by atoms with Crippen LogP contribution in [0.25, 0.3) is 0 Å². The van der Waals surface area contributed by atoms with Gasteiger partial charge in [0.2, 0.25) is 0 Å². The number of carboxylic acids is 1. The van der Waals surface area contributed by atoms with Crippen LogP contribution in [0.3, 0.4) is 0 Å². The minimum atomic E-state index is -0.898. The number of benzene rings is 1. The highest BCUT2D eigenvalue weighted by molar-refractivity contribution is 9.10. The Kier molecular flexibility index (Phi) is 5.15. The number of Topliss-reactive ketones (excluding diaryl/α,β-unsaturated/α-hetero) is 1. The van der Waals surface area contributed by atoms with Crippen LogP contribution in [0.15, 0.2) is 22.7 Å². The summed E-state index contributed by atoms with van der Waals surface area (Å²) in [5, 5.41) is 9.05. The SMILES string of the molecule is O=C(O)Cc1cc(Br)ccc1CC(=O)CBr. The molecule has 1 aromatic carbocycles. The summed E-state index contributed by atoms with van der Waals surface area (Å²) in [5.74, 6) is -0.861. The van der Waals surface area contributed by atoms with Gasteiger partial charge in [0, 0.05) is 10.9 Å². The fourth-order valence-corrected chi connectivity index (χ4v) is 1.96. The lowest BCUT2D eigenvalue weighted by Gasteiger charge is -2.07. The maximum Gasteiger partial charge on any atom is 0.307 e. The number of carboxylic acid groups (broad SMARTS) is 1. The highest BCUT2D eigenvalue weighted by atomic mass is 79.9. The van der Waals surface area contributed by atoms with Gasteiger partial charge in [-0.05, 0) is 23.3 Å². The number of hydrogen-bond acceptors (Lipinski definition) is 2. The lowest BCUT2D eigenvalue weighted by Crippen LogP contribution is -2.09. The molecular weight excluding hydrogens is 340 g/mol. The molecule has 0 radical (unpaired) electrons. The Morgan fingerprint density at radius 2 is 1.88 bits per heavy atom. The second-order valence-electron chi connectivity index (χ2n) is 3.33. The average molecular weight is 350 g/mol. The van der Waals surface area contributed by atoms with Crippen LogP contribution >= 0.6 is 31.9 Å². The summed E-state index contributed by atoms with van der Waals surface area (Å²) in [5.41, 5.74) is 1.45.